The lowest BCUT2D eigenvalue weighted by Gasteiger charge is -2.08. The van der Waals surface area contributed by atoms with Crippen LogP contribution < -0.4 is 11.1 Å². The summed E-state index contributed by atoms with van der Waals surface area (Å²) in [6.07, 6.45) is 1.73. The van der Waals surface area contributed by atoms with Crippen molar-refractivity contribution in [1.29, 1.82) is 0 Å². The van der Waals surface area contributed by atoms with Crippen LogP contribution >= 0.6 is 0 Å². The number of rotatable bonds is 3. The van der Waals surface area contributed by atoms with Crippen LogP contribution in [0.2, 0.25) is 0 Å². The predicted molar refractivity (Wildman–Crippen MR) is 96.7 cm³/mol. The van der Waals surface area contributed by atoms with Gasteiger partial charge in [0.05, 0.1) is 11.7 Å². The third-order valence-electron chi connectivity index (χ3n) is 4.00. The lowest BCUT2D eigenvalue weighted by molar-refractivity contribution is -0.116. The van der Waals surface area contributed by atoms with Crippen molar-refractivity contribution in [2.24, 2.45) is 0 Å². The zero-order valence-corrected chi connectivity index (χ0v) is 12.9. The van der Waals surface area contributed by atoms with E-state index in [1.165, 1.54) is 0 Å². The first-order chi connectivity index (χ1) is 11.7. The maximum atomic E-state index is 12.3. The van der Waals surface area contributed by atoms with Crippen molar-refractivity contribution in [3.05, 3.63) is 66.9 Å². The molecule has 5 heteroatoms. The van der Waals surface area contributed by atoms with E-state index in [1.54, 1.807) is 10.9 Å². The first kappa shape index (κ1) is 14.3. The number of nitrogens with two attached hydrogens (primary N) is 1. The number of carbonyl (C=O) groups excluding carboxylic acids is 1. The molecule has 1 amide bonds. The second kappa shape index (κ2) is 5.70. The minimum Gasteiger partial charge on any atom is -0.399 e. The van der Waals surface area contributed by atoms with Crippen LogP contribution in [0.15, 0.2) is 66.9 Å². The molecule has 0 saturated carbocycles. The molecule has 1 heterocycles. The lowest BCUT2D eigenvalue weighted by Crippen LogP contribution is -2.19. The van der Waals surface area contributed by atoms with E-state index in [4.69, 9.17) is 5.73 Å². The van der Waals surface area contributed by atoms with E-state index in [9.17, 15) is 4.79 Å². The van der Waals surface area contributed by atoms with Crippen LogP contribution in [0.1, 0.15) is 0 Å². The number of hydrogen-bond acceptors (Lipinski definition) is 3. The van der Waals surface area contributed by atoms with E-state index in [0.29, 0.717) is 5.69 Å². The number of aromatic nitrogens is 2. The molecule has 0 aliphatic carbocycles. The van der Waals surface area contributed by atoms with Gasteiger partial charge in [0.15, 0.2) is 0 Å². The Hall–Kier alpha value is -3.34. The van der Waals surface area contributed by atoms with Gasteiger partial charge in [0, 0.05) is 16.8 Å². The van der Waals surface area contributed by atoms with Crippen LogP contribution in [-0.4, -0.2) is 15.7 Å². The van der Waals surface area contributed by atoms with E-state index in [1.807, 2.05) is 60.7 Å². The van der Waals surface area contributed by atoms with Crippen molar-refractivity contribution < 1.29 is 4.79 Å². The molecule has 0 saturated heterocycles. The maximum Gasteiger partial charge on any atom is 0.246 e. The summed E-state index contributed by atoms with van der Waals surface area (Å²) in [6, 6.07) is 19.4. The molecule has 3 aromatic carbocycles. The molecule has 0 bridgehead atoms. The van der Waals surface area contributed by atoms with E-state index in [0.717, 1.165) is 27.4 Å². The Bertz CT molecular complexity index is 1050. The summed E-state index contributed by atoms with van der Waals surface area (Å²) in [6.45, 7) is 0.139. The van der Waals surface area contributed by atoms with Gasteiger partial charge in [-0.2, -0.15) is 5.10 Å². The molecule has 118 valence electrons. The summed E-state index contributed by atoms with van der Waals surface area (Å²) < 4.78 is 1.65. The smallest absolute Gasteiger partial charge is 0.246 e. The van der Waals surface area contributed by atoms with Crippen molar-refractivity contribution in [2.75, 3.05) is 11.1 Å². The molecule has 4 rings (SSSR count). The summed E-state index contributed by atoms with van der Waals surface area (Å²) in [7, 11) is 0. The van der Waals surface area contributed by atoms with E-state index >= 15 is 0 Å². The highest BCUT2D eigenvalue weighted by Gasteiger charge is 2.08. The topological polar surface area (TPSA) is 72.9 Å². The average molecular weight is 316 g/mol. The van der Waals surface area contributed by atoms with Crippen LogP contribution in [0.5, 0.6) is 0 Å². The van der Waals surface area contributed by atoms with E-state index in [-0.39, 0.29) is 12.5 Å². The van der Waals surface area contributed by atoms with Gasteiger partial charge in [-0.05, 0) is 41.1 Å². The third-order valence-corrected chi connectivity index (χ3v) is 4.00. The molecule has 0 spiro atoms. The van der Waals surface area contributed by atoms with Crippen LogP contribution in [0.4, 0.5) is 11.4 Å². The predicted octanol–water partition coefficient (Wildman–Crippen LogP) is 3.41. The molecule has 0 aliphatic rings. The zero-order chi connectivity index (χ0) is 16.5. The highest BCUT2D eigenvalue weighted by molar-refractivity contribution is 5.95. The standard InChI is InChI=1S/C19H16N4O/c20-16-7-5-15-11-21-23(18(15)10-16)12-19(24)22-17-8-6-13-3-1-2-4-14(13)9-17/h1-11H,12,20H2,(H,22,24). The molecular weight excluding hydrogens is 300 g/mol. The first-order valence-electron chi connectivity index (χ1n) is 7.69. The highest BCUT2D eigenvalue weighted by Crippen LogP contribution is 2.20. The van der Waals surface area contributed by atoms with Gasteiger partial charge in [0.1, 0.15) is 6.54 Å². The highest BCUT2D eigenvalue weighted by atomic mass is 16.2. The Kier molecular flexibility index (Phi) is 3.39. The van der Waals surface area contributed by atoms with Crippen LogP contribution in [0.3, 0.4) is 0 Å². The number of carbonyl (C=O) groups is 1. The normalized spacial score (nSPS) is 11.0. The fourth-order valence-corrected chi connectivity index (χ4v) is 2.82. The van der Waals surface area contributed by atoms with Gasteiger partial charge >= 0.3 is 0 Å². The third kappa shape index (κ3) is 2.67. The van der Waals surface area contributed by atoms with Gasteiger partial charge in [0.25, 0.3) is 0 Å². The second-order valence-electron chi connectivity index (χ2n) is 5.73. The maximum absolute atomic E-state index is 12.3. The second-order valence-corrected chi connectivity index (χ2v) is 5.73. The molecule has 3 N–H and O–H groups in total. The SMILES string of the molecule is Nc1ccc2cnn(CC(=O)Nc3ccc4ccccc4c3)c2c1. The molecule has 4 aromatic rings. The monoisotopic (exact) mass is 316 g/mol. The lowest BCUT2D eigenvalue weighted by atomic mass is 10.1. The van der Waals surface area contributed by atoms with Crippen LogP contribution in [0, 0.1) is 0 Å². The van der Waals surface area contributed by atoms with Crippen LogP contribution in [0.25, 0.3) is 21.7 Å². The minimum absolute atomic E-state index is 0.127. The van der Waals surface area contributed by atoms with Crippen molar-refractivity contribution in [3.63, 3.8) is 0 Å². The van der Waals surface area contributed by atoms with E-state index in [2.05, 4.69) is 10.4 Å². The van der Waals surface area contributed by atoms with Crippen molar-refractivity contribution in [1.82, 2.24) is 9.78 Å². The molecular formula is C19H16N4O. The van der Waals surface area contributed by atoms with Gasteiger partial charge in [-0.15, -0.1) is 0 Å². The molecule has 0 unspecified atom stereocenters. The number of nitrogens with zero attached hydrogens (tertiary/aromatic N) is 2. The van der Waals surface area contributed by atoms with Crippen molar-refractivity contribution in [2.45, 2.75) is 6.54 Å². The molecule has 5 nitrogen and oxygen atoms in total. The summed E-state index contributed by atoms with van der Waals surface area (Å²) in [5.41, 5.74) is 8.09. The molecule has 0 atom stereocenters. The Labute approximate surface area is 138 Å². The average Bonchev–Trinajstić information content (AvgIpc) is 2.97. The largest absolute Gasteiger partial charge is 0.399 e. The summed E-state index contributed by atoms with van der Waals surface area (Å²) in [5, 5.41) is 10.4. The fourth-order valence-electron chi connectivity index (χ4n) is 2.82. The Morgan fingerprint density at radius 2 is 1.79 bits per heavy atom. The number of anilines is 2. The van der Waals surface area contributed by atoms with Gasteiger partial charge in [-0.1, -0.05) is 30.3 Å². The number of amides is 1. The van der Waals surface area contributed by atoms with Gasteiger partial charge in [-0.3, -0.25) is 9.48 Å². The van der Waals surface area contributed by atoms with Gasteiger partial charge < -0.3 is 11.1 Å². The number of nitrogens with one attached hydrogen (secondary N) is 1. The summed E-state index contributed by atoms with van der Waals surface area (Å²) >= 11 is 0. The minimum atomic E-state index is -0.127. The quantitative estimate of drug-likeness (QED) is 0.569. The fraction of sp³-hybridized carbons (Fsp3) is 0.0526. The number of fused-ring (bicyclic) bond motifs is 2. The molecule has 0 fully saturated rings. The number of nitrogen functional groups attached to an aromatic ring is 1. The van der Waals surface area contributed by atoms with Crippen molar-refractivity contribution in [3.8, 4) is 0 Å². The molecule has 0 aliphatic heterocycles. The first-order valence-corrected chi connectivity index (χ1v) is 7.69. The zero-order valence-electron chi connectivity index (χ0n) is 12.9. The van der Waals surface area contributed by atoms with Gasteiger partial charge in [-0.25, -0.2) is 0 Å². The van der Waals surface area contributed by atoms with Gasteiger partial charge in [0.2, 0.25) is 5.91 Å². The number of hydrogen-bond donors (Lipinski definition) is 2. The Balaban J connectivity index is 1.55. The Morgan fingerprint density at radius 3 is 2.67 bits per heavy atom. The Morgan fingerprint density at radius 1 is 1.00 bits per heavy atom. The molecule has 1 aromatic heterocycles. The molecule has 0 radical (unpaired) electrons. The van der Waals surface area contributed by atoms with Crippen LogP contribution in [-0.2, 0) is 11.3 Å². The number of benzene rings is 3. The van der Waals surface area contributed by atoms with E-state index < -0.39 is 0 Å². The summed E-state index contributed by atoms with van der Waals surface area (Å²) in [5.74, 6) is -0.127. The molecule has 24 heavy (non-hydrogen) atoms. The summed E-state index contributed by atoms with van der Waals surface area (Å²) in [4.78, 5) is 12.3. The van der Waals surface area contributed by atoms with Crippen molar-refractivity contribution >= 4 is 39.0 Å².